The van der Waals surface area contributed by atoms with Crippen LogP contribution in [0, 0.1) is 19.8 Å². The van der Waals surface area contributed by atoms with Crippen molar-refractivity contribution in [1.82, 2.24) is 19.4 Å². The van der Waals surface area contributed by atoms with Gasteiger partial charge in [0.15, 0.2) is 0 Å². The molecule has 1 fully saturated rings. The van der Waals surface area contributed by atoms with Gasteiger partial charge in [-0.3, -0.25) is 4.90 Å². The monoisotopic (exact) mass is 486 g/mol. The molecule has 0 spiro atoms. The van der Waals surface area contributed by atoms with Crippen LogP contribution in [-0.2, 0) is 23.1 Å². The Bertz CT molecular complexity index is 1180. The third kappa shape index (κ3) is 6.03. The Morgan fingerprint density at radius 2 is 1.79 bits per heavy atom. The molecule has 1 aromatic heterocycles. The SMILES string of the molecule is Cc1ccc(S(=O)(=O)NCC2CCCN(Cc3c(C)nn(Cc4ccccc4)c3Cl)C2)cc1. The molecule has 3 aromatic rings. The number of piperidine rings is 1. The number of hydrogen-bond acceptors (Lipinski definition) is 4. The van der Waals surface area contributed by atoms with Crippen LogP contribution in [0.5, 0.6) is 0 Å². The van der Waals surface area contributed by atoms with Crippen LogP contribution in [0.25, 0.3) is 0 Å². The van der Waals surface area contributed by atoms with E-state index in [4.69, 9.17) is 11.6 Å². The molecule has 1 atom stereocenters. The molecule has 1 N–H and O–H groups in total. The predicted molar refractivity (Wildman–Crippen MR) is 132 cm³/mol. The molecule has 1 unspecified atom stereocenters. The normalized spacial score (nSPS) is 17.4. The van der Waals surface area contributed by atoms with E-state index in [1.165, 1.54) is 0 Å². The first kappa shape index (κ1) is 24.0. The maximum Gasteiger partial charge on any atom is 0.240 e. The number of aryl methyl sites for hydroxylation is 2. The molecule has 2 aromatic carbocycles. The highest BCUT2D eigenvalue weighted by atomic mass is 35.5. The summed E-state index contributed by atoms with van der Waals surface area (Å²) in [6.07, 6.45) is 2.04. The number of halogens is 1. The smallest absolute Gasteiger partial charge is 0.240 e. The van der Waals surface area contributed by atoms with Crippen molar-refractivity contribution in [3.05, 3.63) is 82.1 Å². The summed E-state index contributed by atoms with van der Waals surface area (Å²) in [4.78, 5) is 2.67. The van der Waals surface area contributed by atoms with Gasteiger partial charge in [-0.15, -0.1) is 0 Å². The number of nitrogens with one attached hydrogen (secondary N) is 1. The van der Waals surface area contributed by atoms with E-state index in [0.717, 1.165) is 54.9 Å². The first-order valence-corrected chi connectivity index (χ1v) is 13.2. The molecule has 2 heterocycles. The summed E-state index contributed by atoms with van der Waals surface area (Å²) in [6.45, 7) is 7.55. The molecule has 33 heavy (non-hydrogen) atoms. The maximum absolute atomic E-state index is 12.6. The van der Waals surface area contributed by atoms with Crippen LogP contribution in [0.2, 0.25) is 5.15 Å². The van der Waals surface area contributed by atoms with Crippen molar-refractivity contribution < 1.29 is 8.42 Å². The largest absolute Gasteiger partial charge is 0.299 e. The van der Waals surface area contributed by atoms with Crippen molar-refractivity contribution in [2.24, 2.45) is 5.92 Å². The van der Waals surface area contributed by atoms with Gasteiger partial charge in [0.1, 0.15) is 5.15 Å². The van der Waals surface area contributed by atoms with Crippen LogP contribution < -0.4 is 4.72 Å². The van der Waals surface area contributed by atoms with Gasteiger partial charge in [0.05, 0.1) is 17.1 Å². The number of nitrogens with zero attached hydrogens (tertiary/aromatic N) is 3. The Kier molecular flexibility index (Phi) is 7.54. The third-order valence-corrected chi connectivity index (χ3v) is 8.10. The highest BCUT2D eigenvalue weighted by Gasteiger charge is 2.25. The van der Waals surface area contributed by atoms with Gasteiger partial charge < -0.3 is 0 Å². The number of sulfonamides is 1. The minimum atomic E-state index is -3.50. The van der Waals surface area contributed by atoms with Crippen LogP contribution in [0.3, 0.4) is 0 Å². The second kappa shape index (κ2) is 10.4. The molecule has 0 saturated carbocycles. The summed E-state index contributed by atoms with van der Waals surface area (Å²) in [5, 5.41) is 5.34. The summed E-state index contributed by atoms with van der Waals surface area (Å²) in [5.74, 6) is 0.261. The van der Waals surface area contributed by atoms with E-state index < -0.39 is 10.0 Å². The first-order chi connectivity index (χ1) is 15.8. The maximum atomic E-state index is 12.6. The molecule has 8 heteroatoms. The van der Waals surface area contributed by atoms with Gasteiger partial charge >= 0.3 is 0 Å². The van der Waals surface area contributed by atoms with Crippen LogP contribution in [0.1, 0.15) is 35.2 Å². The molecule has 1 aliphatic heterocycles. The zero-order chi connectivity index (χ0) is 23.4. The molecule has 0 bridgehead atoms. The molecular formula is C25H31ClN4O2S. The van der Waals surface area contributed by atoms with E-state index in [2.05, 4.69) is 26.9 Å². The molecular weight excluding hydrogens is 456 g/mol. The Morgan fingerprint density at radius 3 is 2.52 bits per heavy atom. The average molecular weight is 487 g/mol. The lowest BCUT2D eigenvalue weighted by Gasteiger charge is -2.32. The number of hydrogen-bond donors (Lipinski definition) is 1. The fourth-order valence-electron chi connectivity index (χ4n) is 4.34. The number of aromatic nitrogens is 2. The topological polar surface area (TPSA) is 67.2 Å². The lowest BCUT2D eigenvalue weighted by atomic mass is 9.98. The third-order valence-electron chi connectivity index (χ3n) is 6.24. The number of rotatable bonds is 8. The average Bonchev–Trinajstić information content (AvgIpc) is 3.06. The van der Waals surface area contributed by atoms with Gasteiger partial charge in [-0.25, -0.2) is 17.8 Å². The molecule has 0 aliphatic carbocycles. The van der Waals surface area contributed by atoms with Crippen molar-refractivity contribution in [1.29, 1.82) is 0 Å². The van der Waals surface area contributed by atoms with E-state index >= 15 is 0 Å². The summed E-state index contributed by atoms with van der Waals surface area (Å²) >= 11 is 6.72. The van der Waals surface area contributed by atoms with Gasteiger partial charge in [0.25, 0.3) is 0 Å². The zero-order valence-corrected chi connectivity index (χ0v) is 20.7. The molecule has 176 valence electrons. The summed E-state index contributed by atoms with van der Waals surface area (Å²) in [6, 6.07) is 17.1. The fraction of sp³-hybridized carbons (Fsp3) is 0.400. The van der Waals surface area contributed by atoms with Crippen molar-refractivity contribution in [2.75, 3.05) is 19.6 Å². The Balaban J connectivity index is 1.37. The van der Waals surface area contributed by atoms with E-state index in [9.17, 15) is 8.42 Å². The molecule has 1 aliphatic rings. The molecule has 0 amide bonds. The van der Waals surface area contributed by atoms with Crippen molar-refractivity contribution in [3.8, 4) is 0 Å². The van der Waals surface area contributed by atoms with Gasteiger partial charge in [-0.2, -0.15) is 5.10 Å². The second-order valence-corrected chi connectivity index (χ2v) is 11.0. The van der Waals surface area contributed by atoms with Crippen LogP contribution in [0.15, 0.2) is 59.5 Å². The Morgan fingerprint density at radius 1 is 1.06 bits per heavy atom. The van der Waals surface area contributed by atoms with Crippen LogP contribution >= 0.6 is 11.6 Å². The minimum Gasteiger partial charge on any atom is -0.299 e. The van der Waals surface area contributed by atoms with E-state index in [-0.39, 0.29) is 5.92 Å². The summed E-state index contributed by atoms with van der Waals surface area (Å²) in [5.41, 5.74) is 4.19. The van der Waals surface area contributed by atoms with Gasteiger partial charge in [0.2, 0.25) is 10.0 Å². The molecule has 6 nitrogen and oxygen atoms in total. The van der Waals surface area contributed by atoms with Crippen molar-refractivity contribution in [2.45, 2.75) is 44.7 Å². The first-order valence-electron chi connectivity index (χ1n) is 11.4. The molecule has 0 radical (unpaired) electrons. The van der Waals surface area contributed by atoms with Gasteiger partial charge in [-0.05, 0) is 56.8 Å². The molecule has 1 saturated heterocycles. The Hall–Kier alpha value is -2.19. The fourth-order valence-corrected chi connectivity index (χ4v) is 5.75. The number of likely N-dealkylation sites (tertiary alicyclic amines) is 1. The van der Waals surface area contributed by atoms with Crippen molar-refractivity contribution in [3.63, 3.8) is 0 Å². The van der Waals surface area contributed by atoms with E-state index in [1.54, 1.807) is 12.1 Å². The summed E-state index contributed by atoms with van der Waals surface area (Å²) < 4.78 is 30.0. The Labute approximate surface area is 201 Å². The molecule has 4 rings (SSSR count). The highest BCUT2D eigenvalue weighted by molar-refractivity contribution is 7.89. The van der Waals surface area contributed by atoms with Gasteiger partial charge in [-0.1, -0.05) is 59.6 Å². The van der Waals surface area contributed by atoms with E-state index in [1.807, 2.05) is 48.9 Å². The van der Waals surface area contributed by atoms with Crippen LogP contribution in [0.4, 0.5) is 0 Å². The van der Waals surface area contributed by atoms with Crippen LogP contribution in [-0.4, -0.2) is 42.7 Å². The zero-order valence-electron chi connectivity index (χ0n) is 19.2. The lowest BCUT2D eigenvalue weighted by Crippen LogP contribution is -2.40. The predicted octanol–water partition coefficient (Wildman–Crippen LogP) is 4.39. The quantitative estimate of drug-likeness (QED) is 0.512. The highest BCUT2D eigenvalue weighted by Crippen LogP contribution is 2.25. The van der Waals surface area contributed by atoms with Crippen molar-refractivity contribution >= 4 is 21.6 Å². The lowest BCUT2D eigenvalue weighted by molar-refractivity contribution is 0.168. The second-order valence-electron chi connectivity index (χ2n) is 8.91. The summed E-state index contributed by atoms with van der Waals surface area (Å²) in [7, 11) is -3.50. The minimum absolute atomic E-state index is 0.261. The standard InChI is InChI=1S/C25H31ClN4O2S/c1-19-10-12-23(13-11-19)33(31,32)27-15-22-9-6-14-29(16-22)18-24-20(2)28-30(25(24)26)17-21-7-4-3-5-8-21/h3-5,7-8,10-13,22,27H,6,9,14-18H2,1-2H3. The number of benzene rings is 2. The van der Waals surface area contributed by atoms with E-state index in [0.29, 0.717) is 23.1 Å². The van der Waals surface area contributed by atoms with Gasteiger partial charge in [0, 0.05) is 25.2 Å².